The van der Waals surface area contributed by atoms with Crippen molar-refractivity contribution in [3.05, 3.63) is 88.9 Å². The van der Waals surface area contributed by atoms with E-state index in [4.69, 9.17) is 11.6 Å². The minimum Gasteiger partial charge on any atom is -0.314 e. The monoisotopic (exact) mass is 442 g/mol. The molecule has 3 aromatic rings. The molecule has 0 fully saturated rings. The van der Waals surface area contributed by atoms with Crippen molar-refractivity contribution in [3.63, 3.8) is 0 Å². The molecule has 0 aliphatic heterocycles. The molecule has 7 heteroatoms. The Balaban J connectivity index is 2.02. The summed E-state index contributed by atoms with van der Waals surface area (Å²) in [7, 11) is -2.36. The molecular weight excluding hydrogens is 420 g/mol. The fourth-order valence-electron chi connectivity index (χ4n) is 2.91. The van der Waals surface area contributed by atoms with Crippen LogP contribution in [0.25, 0.3) is 0 Å². The van der Waals surface area contributed by atoms with E-state index in [1.807, 2.05) is 32.0 Å². The molecule has 0 bridgehead atoms. The number of hydrogen-bond donors (Lipinski definition) is 0. The van der Waals surface area contributed by atoms with Crippen molar-refractivity contribution >= 4 is 38.9 Å². The first-order valence-corrected chi connectivity index (χ1v) is 11.2. The van der Waals surface area contributed by atoms with Crippen molar-refractivity contribution in [2.45, 2.75) is 18.7 Å². The molecule has 5 nitrogen and oxygen atoms in total. The number of aryl methyl sites for hydroxylation is 2. The van der Waals surface area contributed by atoms with Gasteiger partial charge in [-0.25, -0.2) is 8.42 Å². The molecular formula is C23H23ClN2O3S. The van der Waals surface area contributed by atoms with Crippen LogP contribution in [-0.2, 0) is 14.8 Å². The molecule has 0 aliphatic rings. The average Bonchev–Trinajstić information content (AvgIpc) is 2.74. The summed E-state index contributed by atoms with van der Waals surface area (Å²) in [6, 6.07) is 20.6. The second-order valence-electron chi connectivity index (χ2n) is 7.05. The number of carbonyl (C=O) groups excluding carboxylic acids is 1. The van der Waals surface area contributed by atoms with Crippen LogP contribution in [0.1, 0.15) is 11.1 Å². The highest BCUT2D eigenvalue weighted by Gasteiger charge is 2.29. The zero-order chi connectivity index (χ0) is 21.9. The van der Waals surface area contributed by atoms with E-state index in [-0.39, 0.29) is 17.3 Å². The van der Waals surface area contributed by atoms with Crippen molar-refractivity contribution in [1.29, 1.82) is 0 Å². The van der Waals surface area contributed by atoms with E-state index >= 15 is 0 Å². The minimum atomic E-state index is -3.98. The number of para-hydroxylation sites is 1. The second-order valence-corrected chi connectivity index (χ2v) is 9.32. The first kappa shape index (κ1) is 21.9. The SMILES string of the molecule is Cc1ccc(S(=O)(=O)N(CC(=O)N(C)c2ccccc2)c2ccc(C)c(Cl)c2)cc1. The molecule has 0 aromatic heterocycles. The Morgan fingerprint density at radius 1 is 0.900 bits per heavy atom. The molecule has 30 heavy (non-hydrogen) atoms. The Morgan fingerprint density at radius 2 is 1.53 bits per heavy atom. The Kier molecular flexibility index (Phi) is 6.48. The molecule has 3 rings (SSSR count). The molecule has 0 saturated heterocycles. The molecule has 0 atom stereocenters. The van der Waals surface area contributed by atoms with Gasteiger partial charge >= 0.3 is 0 Å². The lowest BCUT2D eigenvalue weighted by molar-refractivity contribution is -0.116. The van der Waals surface area contributed by atoms with Crippen molar-refractivity contribution in [1.82, 2.24) is 0 Å². The second kappa shape index (κ2) is 8.90. The van der Waals surface area contributed by atoms with Gasteiger partial charge in [-0.1, -0.05) is 53.6 Å². The molecule has 0 radical (unpaired) electrons. The number of anilines is 2. The van der Waals surface area contributed by atoms with E-state index < -0.39 is 10.0 Å². The molecule has 0 spiro atoms. The van der Waals surface area contributed by atoms with Gasteiger partial charge in [0.05, 0.1) is 10.6 Å². The van der Waals surface area contributed by atoms with E-state index in [1.54, 1.807) is 61.6 Å². The number of rotatable bonds is 6. The highest BCUT2D eigenvalue weighted by molar-refractivity contribution is 7.92. The highest BCUT2D eigenvalue weighted by Crippen LogP contribution is 2.28. The van der Waals surface area contributed by atoms with Gasteiger partial charge in [0.15, 0.2) is 0 Å². The molecule has 3 aromatic carbocycles. The fourth-order valence-corrected chi connectivity index (χ4v) is 4.49. The van der Waals surface area contributed by atoms with Crippen molar-refractivity contribution in [3.8, 4) is 0 Å². The topological polar surface area (TPSA) is 57.7 Å². The summed E-state index contributed by atoms with van der Waals surface area (Å²) in [6.07, 6.45) is 0. The quantitative estimate of drug-likeness (QED) is 0.550. The van der Waals surface area contributed by atoms with Gasteiger partial charge in [0.2, 0.25) is 5.91 Å². The van der Waals surface area contributed by atoms with Crippen LogP contribution >= 0.6 is 11.6 Å². The minimum absolute atomic E-state index is 0.111. The summed E-state index contributed by atoms with van der Waals surface area (Å²) < 4.78 is 28.0. The van der Waals surface area contributed by atoms with Gasteiger partial charge in [0, 0.05) is 17.8 Å². The number of likely N-dealkylation sites (N-methyl/N-ethyl adjacent to an activating group) is 1. The van der Waals surface area contributed by atoms with Gasteiger partial charge in [-0.15, -0.1) is 0 Å². The van der Waals surface area contributed by atoms with Crippen LogP contribution in [0.2, 0.25) is 5.02 Å². The Labute approximate surface area is 182 Å². The van der Waals surface area contributed by atoms with Crippen LogP contribution in [0.3, 0.4) is 0 Å². The predicted molar refractivity (Wildman–Crippen MR) is 122 cm³/mol. The van der Waals surface area contributed by atoms with Gasteiger partial charge in [-0.3, -0.25) is 9.10 Å². The Morgan fingerprint density at radius 3 is 2.13 bits per heavy atom. The number of benzene rings is 3. The molecule has 0 saturated carbocycles. The van der Waals surface area contributed by atoms with Gasteiger partial charge in [-0.2, -0.15) is 0 Å². The number of hydrogen-bond acceptors (Lipinski definition) is 3. The van der Waals surface area contributed by atoms with E-state index in [2.05, 4.69) is 0 Å². The lowest BCUT2D eigenvalue weighted by Gasteiger charge is -2.27. The first-order chi connectivity index (χ1) is 14.2. The summed E-state index contributed by atoms with van der Waals surface area (Å²) in [5.41, 5.74) is 2.78. The Hall–Kier alpha value is -2.83. The molecule has 156 valence electrons. The normalized spacial score (nSPS) is 11.2. The lowest BCUT2D eigenvalue weighted by atomic mass is 10.2. The highest BCUT2D eigenvalue weighted by atomic mass is 35.5. The van der Waals surface area contributed by atoms with Crippen LogP contribution in [0, 0.1) is 13.8 Å². The maximum absolute atomic E-state index is 13.4. The van der Waals surface area contributed by atoms with Gasteiger partial charge in [0.1, 0.15) is 6.54 Å². The number of nitrogens with zero attached hydrogens (tertiary/aromatic N) is 2. The third kappa shape index (κ3) is 4.66. The summed E-state index contributed by atoms with van der Waals surface area (Å²) in [5.74, 6) is -0.367. The zero-order valence-electron chi connectivity index (χ0n) is 17.0. The molecule has 0 N–H and O–H groups in total. The average molecular weight is 443 g/mol. The van der Waals surface area contributed by atoms with Crippen molar-refractivity contribution in [2.24, 2.45) is 0 Å². The molecule has 1 amide bonds. The van der Waals surface area contributed by atoms with Crippen molar-refractivity contribution < 1.29 is 13.2 Å². The standard InChI is InChI=1S/C23H23ClN2O3S/c1-17-9-13-21(14-10-17)30(28,29)26(20-12-11-18(2)22(24)15-20)16-23(27)25(3)19-7-5-4-6-8-19/h4-15H,16H2,1-3H3. The summed E-state index contributed by atoms with van der Waals surface area (Å²) >= 11 is 6.25. The molecule has 0 heterocycles. The first-order valence-electron chi connectivity index (χ1n) is 9.37. The van der Waals surface area contributed by atoms with Gasteiger partial charge in [-0.05, 0) is 55.8 Å². The van der Waals surface area contributed by atoms with Gasteiger partial charge < -0.3 is 4.90 Å². The van der Waals surface area contributed by atoms with E-state index in [1.165, 1.54) is 4.90 Å². The third-order valence-corrected chi connectivity index (χ3v) is 7.04. The van der Waals surface area contributed by atoms with E-state index in [0.717, 1.165) is 15.4 Å². The van der Waals surface area contributed by atoms with Crippen LogP contribution in [-0.4, -0.2) is 27.9 Å². The summed E-state index contributed by atoms with van der Waals surface area (Å²) in [6.45, 7) is 3.35. The fraction of sp³-hybridized carbons (Fsp3) is 0.174. The maximum atomic E-state index is 13.4. The number of amides is 1. The molecule has 0 aliphatic carbocycles. The maximum Gasteiger partial charge on any atom is 0.264 e. The van der Waals surface area contributed by atoms with Crippen LogP contribution in [0.4, 0.5) is 11.4 Å². The number of halogens is 1. The van der Waals surface area contributed by atoms with Crippen molar-refractivity contribution in [2.75, 3.05) is 22.8 Å². The van der Waals surface area contributed by atoms with Crippen LogP contribution < -0.4 is 9.21 Å². The third-order valence-electron chi connectivity index (χ3n) is 4.85. The van der Waals surface area contributed by atoms with Crippen LogP contribution in [0.5, 0.6) is 0 Å². The van der Waals surface area contributed by atoms with E-state index in [9.17, 15) is 13.2 Å². The lowest BCUT2D eigenvalue weighted by Crippen LogP contribution is -2.41. The Bertz CT molecular complexity index is 1150. The zero-order valence-corrected chi connectivity index (χ0v) is 18.6. The number of sulfonamides is 1. The van der Waals surface area contributed by atoms with E-state index in [0.29, 0.717) is 16.4 Å². The predicted octanol–water partition coefficient (Wildman–Crippen LogP) is 4.82. The number of carbonyl (C=O) groups is 1. The van der Waals surface area contributed by atoms with Gasteiger partial charge in [0.25, 0.3) is 10.0 Å². The van der Waals surface area contributed by atoms with Crippen LogP contribution in [0.15, 0.2) is 77.7 Å². The summed E-state index contributed by atoms with van der Waals surface area (Å²) in [5, 5.41) is 0.431. The molecule has 0 unspecified atom stereocenters. The summed E-state index contributed by atoms with van der Waals surface area (Å²) in [4.78, 5) is 14.5. The smallest absolute Gasteiger partial charge is 0.264 e. The largest absolute Gasteiger partial charge is 0.314 e.